The summed E-state index contributed by atoms with van der Waals surface area (Å²) in [4.78, 5) is 16.2. The van der Waals surface area contributed by atoms with Gasteiger partial charge in [-0.25, -0.2) is 10.5 Å². The summed E-state index contributed by atoms with van der Waals surface area (Å²) in [6, 6.07) is 7.72. The zero-order valence-corrected chi connectivity index (χ0v) is 19.5. The number of halogens is 1. The molecule has 0 aliphatic carbocycles. The van der Waals surface area contributed by atoms with Crippen LogP contribution in [0.25, 0.3) is 10.1 Å². The molecule has 0 fully saturated rings. The molecule has 29 heavy (non-hydrogen) atoms. The normalized spacial score (nSPS) is 15.0. The number of fused-ring (bicyclic) bond motifs is 1. The van der Waals surface area contributed by atoms with E-state index in [9.17, 15) is 4.79 Å². The first-order valence-corrected chi connectivity index (χ1v) is 11.1. The van der Waals surface area contributed by atoms with E-state index in [0.29, 0.717) is 15.4 Å². The van der Waals surface area contributed by atoms with Gasteiger partial charge in [0, 0.05) is 22.5 Å². The number of amides is 1. The van der Waals surface area contributed by atoms with Gasteiger partial charge in [0.15, 0.2) is 15.4 Å². The van der Waals surface area contributed by atoms with Gasteiger partial charge >= 0.3 is 0 Å². The molecular formula is C19H26IN7OS. The highest BCUT2D eigenvalue weighted by Crippen LogP contribution is 2.25. The Labute approximate surface area is 187 Å². The van der Waals surface area contributed by atoms with Crippen LogP contribution in [-0.4, -0.2) is 21.8 Å². The molecule has 0 aliphatic heterocycles. The molecular weight excluding hydrogens is 501 g/mol. The van der Waals surface area contributed by atoms with Gasteiger partial charge in [-0.3, -0.25) is 4.79 Å². The Hall–Kier alpha value is -2.05. The maximum absolute atomic E-state index is 11.8. The van der Waals surface area contributed by atoms with Crippen molar-refractivity contribution in [2.45, 2.75) is 39.3 Å². The standard InChI is InChI=1S/C19H26IN7OS/c1-10(2)8-14(11(3)21)25-19(20)26-18(16(27-23)17(22)28)24-13-4-5-15-12(9-13)6-7-29-15/h4-7,9-11,14,23-24H,8,21H2,1-3H3,(H2,22,28)(H,25,26)/b18-16-,27-23?/t11-,14+/m0/s1. The van der Waals surface area contributed by atoms with E-state index >= 15 is 0 Å². The second-order valence-electron chi connectivity index (χ2n) is 7.11. The summed E-state index contributed by atoms with van der Waals surface area (Å²) in [7, 11) is 0. The van der Waals surface area contributed by atoms with Crippen LogP contribution in [0.5, 0.6) is 0 Å². The Bertz CT molecular complexity index is 936. The number of anilines is 1. The number of aliphatic imine (C=N–C) groups is 1. The molecule has 0 spiro atoms. The molecule has 1 amide bonds. The number of nitrogens with one attached hydrogen (secondary N) is 3. The smallest absolute Gasteiger partial charge is 0.273 e. The molecule has 0 radical (unpaired) electrons. The van der Waals surface area contributed by atoms with Crippen molar-refractivity contribution in [3.63, 3.8) is 0 Å². The van der Waals surface area contributed by atoms with Gasteiger partial charge < -0.3 is 22.1 Å². The van der Waals surface area contributed by atoms with Gasteiger partial charge in [0.2, 0.25) is 0 Å². The lowest BCUT2D eigenvalue weighted by Gasteiger charge is -2.24. The highest BCUT2D eigenvalue weighted by molar-refractivity contribution is 14.1. The highest BCUT2D eigenvalue weighted by atomic mass is 127. The maximum atomic E-state index is 11.8. The first kappa shape index (κ1) is 23.2. The van der Waals surface area contributed by atoms with Crippen molar-refractivity contribution < 1.29 is 4.79 Å². The van der Waals surface area contributed by atoms with Gasteiger partial charge in [0.25, 0.3) is 5.91 Å². The molecule has 156 valence electrons. The Morgan fingerprint density at radius 1 is 1.31 bits per heavy atom. The van der Waals surface area contributed by atoms with E-state index in [0.717, 1.165) is 16.5 Å². The summed E-state index contributed by atoms with van der Waals surface area (Å²) in [5, 5.41) is 12.7. The average molecular weight is 527 g/mol. The van der Waals surface area contributed by atoms with Crippen LogP contribution < -0.4 is 22.1 Å². The lowest BCUT2D eigenvalue weighted by atomic mass is 9.99. The summed E-state index contributed by atoms with van der Waals surface area (Å²) >= 11 is 3.68. The first-order chi connectivity index (χ1) is 13.7. The van der Waals surface area contributed by atoms with Crippen LogP contribution >= 0.6 is 33.9 Å². The molecule has 1 aromatic heterocycles. The molecule has 0 aliphatic rings. The predicted octanol–water partition coefficient (Wildman–Crippen LogP) is 4.14. The number of nitrogens with zero attached hydrogens (tertiary/aromatic N) is 2. The molecule has 0 saturated carbocycles. The average Bonchev–Trinajstić information content (AvgIpc) is 3.08. The summed E-state index contributed by atoms with van der Waals surface area (Å²) in [6.07, 6.45) is 0.868. The molecule has 2 atom stereocenters. The molecule has 1 aromatic carbocycles. The second-order valence-corrected chi connectivity index (χ2v) is 9.08. The van der Waals surface area contributed by atoms with Crippen molar-refractivity contribution >= 4 is 59.5 Å². The number of carbonyl (C=O) groups is 1. The van der Waals surface area contributed by atoms with Crippen LogP contribution in [-0.2, 0) is 4.79 Å². The number of amidine groups is 1. The molecule has 1 heterocycles. The van der Waals surface area contributed by atoms with Crippen LogP contribution in [0.1, 0.15) is 27.2 Å². The molecule has 2 aromatic rings. The molecule has 0 unspecified atom stereocenters. The quantitative estimate of drug-likeness (QED) is 0.0835. The fourth-order valence-electron chi connectivity index (χ4n) is 2.74. The van der Waals surface area contributed by atoms with Crippen molar-refractivity contribution in [2.75, 3.05) is 5.32 Å². The van der Waals surface area contributed by atoms with Gasteiger partial charge in [-0.15, -0.1) is 16.5 Å². The lowest BCUT2D eigenvalue weighted by molar-refractivity contribution is -0.114. The van der Waals surface area contributed by atoms with E-state index in [2.05, 4.69) is 34.6 Å². The SMILES string of the molecule is CC(C)C[C@@H](N/C(I)=N/C(Nc1ccc2sccc2c1)=C(\N=N)C(N)=O)[C@H](C)N. The molecule has 0 saturated heterocycles. The molecule has 10 heteroatoms. The predicted molar refractivity (Wildman–Crippen MR) is 128 cm³/mol. The number of hydrogen-bond donors (Lipinski definition) is 5. The first-order valence-electron chi connectivity index (χ1n) is 9.13. The van der Waals surface area contributed by atoms with Gasteiger partial charge in [0.1, 0.15) is 0 Å². The minimum absolute atomic E-state index is 0.0130. The molecule has 7 N–H and O–H groups in total. The van der Waals surface area contributed by atoms with Crippen molar-refractivity contribution in [3.05, 3.63) is 41.2 Å². The monoisotopic (exact) mass is 527 g/mol. The van der Waals surface area contributed by atoms with Gasteiger partial charge in [-0.05, 0) is 76.9 Å². The van der Waals surface area contributed by atoms with E-state index in [1.165, 1.54) is 0 Å². The molecule has 8 nitrogen and oxygen atoms in total. The van der Waals surface area contributed by atoms with E-state index in [1.807, 2.05) is 59.2 Å². The van der Waals surface area contributed by atoms with Crippen LogP contribution in [0.2, 0.25) is 0 Å². The number of primary amides is 1. The highest BCUT2D eigenvalue weighted by Gasteiger charge is 2.18. The topological polar surface area (TPSA) is 142 Å². The third-order valence-corrected chi connectivity index (χ3v) is 5.61. The Kier molecular flexibility index (Phi) is 8.53. The Balaban J connectivity index is 2.35. The van der Waals surface area contributed by atoms with Gasteiger partial charge in [-0.2, -0.15) is 0 Å². The van der Waals surface area contributed by atoms with Crippen molar-refractivity contribution in [1.82, 2.24) is 5.32 Å². The number of nitrogens with two attached hydrogens (primary N) is 2. The zero-order chi connectivity index (χ0) is 21.6. The van der Waals surface area contributed by atoms with E-state index in [1.54, 1.807) is 11.3 Å². The number of thiophene rings is 1. The summed E-state index contributed by atoms with van der Waals surface area (Å²) in [5.41, 5.74) is 19.3. The third kappa shape index (κ3) is 6.75. The number of rotatable bonds is 9. The molecule has 0 bridgehead atoms. The fourth-order valence-corrected chi connectivity index (χ4v) is 4.15. The third-order valence-electron chi connectivity index (χ3n) is 4.16. The number of carbonyl (C=O) groups excluding carboxylic acids is 1. The molecule has 2 rings (SSSR count). The fraction of sp³-hybridized carbons (Fsp3) is 0.368. The number of hydrogen-bond acceptors (Lipinski definition) is 7. The van der Waals surface area contributed by atoms with Crippen molar-refractivity contribution in [2.24, 2.45) is 27.5 Å². The van der Waals surface area contributed by atoms with Crippen molar-refractivity contribution in [3.8, 4) is 0 Å². The Morgan fingerprint density at radius 2 is 2.03 bits per heavy atom. The Morgan fingerprint density at radius 3 is 2.62 bits per heavy atom. The lowest BCUT2D eigenvalue weighted by Crippen LogP contribution is -2.45. The summed E-state index contributed by atoms with van der Waals surface area (Å²) in [5.74, 6) is -0.275. The zero-order valence-electron chi connectivity index (χ0n) is 16.6. The maximum Gasteiger partial charge on any atom is 0.273 e. The van der Waals surface area contributed by atoms with E-state index in [-0.39, 0.29) is 23.6 Å². The van der Waals surface area contributed by atoms with Gasteiger partial charge in [0.05, 0.1) is 0 Å². The van der Waals surface area contributed by atoms with E-state index in [4.69, 9.17) is 17.0 Å². The summed E-state index contributed by atoms with van der Waals surface area (Å²) < 4.78 is 1.67. The largest absolute Gasteiger partial charge is 0.364 e. The van der Waals surface area contributed by atoms with Gasteiger partial charge in [-0.1, -0.05) is 13.8 Å². The van der Waals surface area contributed by atoms with Crippen LogP contribution in [0.3, 0.4) is 0 Å². The number of benzene rings is 1. The van der Waals surface area contributed by atoms with Crippen molar-refractivity contribution in [1.29, 1.82) is 5.53 Å². The van der Waals surface area contributed by atoms with Crippen LogP contribution in [0.15, 0.2) is 51.3 Å². The van der Waals surface area contributed by atoms with E-state index < -0.39 is 5.91 Å². The summed E-state index contributed by atoms with van der Waals surface area (Å²) in [6.45, 7) is 6.18. The minimum atomic E-state index is -0.835. The second kappa shape index (κ2) is 10.6. The minimum Gasteiger partial charge on any atom is -0.364 e. The van der Waals surface area contributed by atoms with Crippen LogP contribution in [0.4, 0.5) is 5.69 Å². The van der Waals surface area contributed by atoms with Crippen LogP contribution in [0, 0.1) is 11.4 Å².